The molecule has 0 aromatic rings. The van der Waals surface area contributed by atoms with Crippen LogP contribution >= 0.6 is 0 Å². The molecule has 3 atom stereocenters. The first-order chi connectivity index (χ1) is 7.93. The number of hydrogen-bond acceptors (Lipinski definition) is 3. The van der Waals surface area contributed by atoms with Crippen molar-refractivity contribution in [1.82, 2.24) is 0 Å². The van der Waals surface area contributed by atoms with E-state index in [1.165, 1.54) is 0 Å². The van der Waals surface area contributed by atoms with Crippen LogP contribution in [0.1, 0.15) is 62.3 Å². The van der Waals surface area contributed by atoms with E-state index in [1.807, 2.05) is 20.8 Å². The van der Waals surface area contributed by atoms with Gasteiger partial charge < -0.3 is 17.2 Å². The molecule has 0 rings (SSSR count). The topological polar surface area (TPSA) is 78.1 Å². The molecule has 114 valence electrons. The first-order valence-electron chi connectivity index (χ1n) is 7.20. The van der Waals surface area contributed by atoms with Crippen molar-refractivity contribution in [2.75, 3.05) is 0 Å². The van der Waals surface area contributed by atoms with Gasteiger partial charge in [-0.3, -0.25) is 0 Å². The van der Waals surface area contributed by atoms with E-state index in [-0.39, 0.29) is 0 Å². The Labute approximate surface area is 116 Å². The van der Waals surface area contributed by atoms with Gasteiger partial charge >= 0.3 is 0 Å². The van der Waals surface area contributed by atoms with Crippen LogP contribution in [0.3, 0.4) is 0 Å². The lowest BCUT2D eigenvalue weighted by molar-refractivity contribution is 0.529. The summed E-state index contributed by atoms with van der Waals surface area (Å²) in [4.78, 5) is 0. The van der Waals surface area contributed by atoms with Gasteiger partial charge in [-0.05, 0) is 38.5 Å². The van der Waals surface area contributed by atoms with E-state index in [9.17, 15) is 0 Å². The van der Waals surface area contributed by atoms with E-state index in [4.69, 9.17) is 17.2 Å². The standard InChI is InChI=1S/3C5H13N/c3*1-4(2)5(3)6/h3*4-5H,6H2,1-3H3/t2*5-;/m10./s1. The van der Waals surface area contributed by atoms with Gasteiger partial charge in [-0.15, -0.1) is 0 Å². The van der Waals surface area contributed by atoms with Crippen molar-refractivity contribution in [3.05, 3.63) is 0 Å². The molecule has 0 aliphatic rings. The quantitative estimate of drug-likeness (QED) is 0.731. The van der Waals surface area contributed by atoms with Crippen LogP contribution < -0.4 is 17.2 Å². The van der Waals surface area contributed by atoms with E-state index in [0.29, 0.717) is 35.9 Å². The second kappa shape index (κ2) is 13.3. The molecule has 3 heteroatoms. The second-order valence-electron chi connectivity index (χ2n) is 6.31. The zero-order valence-corrected chi connectivity index (χ0v) is 14.2. The molecule has 0 bridgehead atoms. The predicted molar refractivity (Wildman–Crippen MR) is 85.5 cm³/mol. The van der Waals surface area contributed by atoms with Gasteiger partial charge in [-0.1, -0.05) is 41.5 Å². The van der Waals surface area contributed by atoms with E-state index in [0.717, 1.165) is 0 Å². The molecule has 0 radical (unpaired) electrons. The zero-order chi connectivity index (χ0) is 15.5. The summed E-state index contributed by atoms with van der Waals surface area (Å²) in [6, 6.07) is 1.06. The SMILES string of the molecule is CC(C)C(C)N.CC(C)[C@@H](C)N.CC(C)[C@H](C)N. The summed E-state index contributed by atoms with van der Waals surface area (Å²) in [5.74, 6) is 1.89. The van der Waals surface area contributed by atoms with Crippen molar-refractivity contribution in [3.8, 4) is 0 Å². The maximum absolute atomic E-state index is 5.44. The maximum atomic E-state index is 5.44. The molecule has 1 unspecified atom stereocenters. The van der Waals surface area contributed by atoms with E-state index >= 15 is 0 Å². The third kappa shape index (κ3) is 24.9. The van der Waals surface area contributed by atoms with Crippen LogP contribution in [0.25, 0.3) is 0 Å². The molecule has 0 amide bonds. The lowest BCUT2D eigenvalue weighted by atomic mass is 10.1. The van der Waals surface area contributed by atoms with Crippen LogP contribution in [-0.2, 0) is 0 Å². The summed E-state index contributed by atoms with van der Waals surface area (Å²) in [6.45, 7) is 18.8. The van der Waals surface area contributed by atoms with E-state index < -0.39 is 0 Å². The third-order valence-corrected chi connectivity index (χ3v) is 3.15. The minimum absolute atomic E-state index is 0.352. The Morgan fingerprint density at radius 1 is 0.389 bits per heavy atom. The van der Waals surface area contributed by atoms with E-state index in [1.54, 1.807) is 0 Å². The fourth-order valence-corrected chi connectivity index (χ4v) is 0. The molecule has 0 aliphatic carbocycles. The van der Waals surface area contributed by atoms with Crippen LogP contribution in [0, 0.1) is 17.8 Å². The van der Waals surface area contributed by atoms with Crippen LogP contribution in [0.2, 0.25) is 0 Å². The molecular formula is C15H39N3. The van der Waals surface area contributed by atoms with Crippen LogP contribution in [0.5, 0.6) is 0 Å². The first-order valence-corrected chi connectivity index (χ1v) is 7.20. The Kier molecular flexibility index (Phi) is 17.0. The molecule has 0 saturated carbocycles. The fourth-order valence-electron chi connectivity index (χ4n) is 0. The average Bonchev–Trinajstić information content (AvgIpc) is 2.18. The smallest absolute Gasteiger partial charge is 0.00334 e. The minimum atomic E-state index is 0.352. The third-order valence-electron chi connectivity index (χ3n) is 3.15. The lowest BCUT2D eigenvalue weighted by Gasteiger charge is -2.05. The number of nitrogens with two attached hydrogens (primary N) is 3. The zero-order valence-electron chi connectivity index (χ0n) is 14.2. The van der Waals surface area contributed by atoms with Gasteiger partial charge in [0.2, 0.25) is 0 Å². The van der Waals surface area contributed by atoms with Crippen LogP contribution in [0.15, 0.2) is 0 Å². The lowest BCUT2D eigenvalue weighted by Crippen LogP contribution is -2.21. The van der Waals surface area contributed by atoms with Gasteiger partial charge in [-0.2, -0.15) is 0 Å². The average molecular weight is 261 g/mol. The highest BCUT2D eigenvalue weighted by Gasteiger charge is 1.96. The van der Waals surface area contributed by atoms with Gasteiger partial charge in [0.05, 0.1) is 0 Å². The van der Waals surface area contributed by atoms with Crippen molar-refractivity contribution in [3.63, 3.8) is 0 Å². The molecule has 0 saturated heterocycles. The molecule has 0 spiro atoms. The highest BCUT2D eigenvalue weighted by molar-refractivity contribution is 4.56. The van der Waals surface area contributed by atoms with Crippen molar-refractivity contribution in [1.29, 1.82) is 0 Å². The van der Waals surface area contributed by atoms with E-state index in [2.05, 4.69) is 41.5 Å². The Morgan fingerprint density at radius 2 is 0.444 bits per heavy atom. The number of hydrogen-bond donors (Lipinski definition) is 3. The van der Waals surface area contributed by atoms with Crippen molar-refractivity contribution in [2.24, 2.45) is 35.0 Å². The molecule has 0 fully saturated rings. The van der Waals surface area contributed by atoms with Crippen LogP contribution in [0.4, 0.5) is 0 Å². The first kappa shape index (κ1) is 23.0. The van der Waals surface area contributed by atoms with Crippen molar-refractivity contribution < 1.29 is 0 Å². The summed E-state index contributed by atoms with van der Waals surface area (Å²) in [5, 5.41) is 0. The minimum Gasteiger partial charge on any atom is -0.328 e. The molecule has 0 aliphatic heterocycles. The normalized spacial score (nSPS) is 15.5. The Balaban J connectivity index is -0.000000187. The van der Waals surface area contributed by atoms with Gasteiger partial charge in [0.25, 0.3) is 0 Å². The van der Waals surface area contributed by atoms with Crippen molar-refractivity contribution in [2.45, 2.75) is 80.4 Å². The predicted octanol–water partition coefficient (Wildman–Crippen LogP) is 2.97. The van der Waals surface area contributed by atoms with Crippen LogP contribution in [-0.4, -0.2) is 18.1 Å². The van der Waals surface area contributed by atoms with Gasteiger partial charge in [0, 0.05) is 18.1 Å². The summed E-state index contributed by atoms with van der Waals surface area (Å²) in [5.41, 5.74) is 16.3. The maximum Gasteiger partial charge on any atom is 0.00334 e. The summed E-state index contributed by atoms with van der Waals surface area (Å²) >= 11 is 0. The summed E-state index contributed by atoms with van der Waals surface area (Å²) < 4.78 is 0. The molecular weight excluding hydrogens is 222 g/mol. The molecule has 6 N–H and O–H groups in total. The molecule has 0 heterocycles. The van der Waals surface area contributed by atoms with Gasteiger partial charge in [-0.25, -0.2) is 0 Å². The highest BCUT2D eigenvalue weighted by atomic mass is 14.6. The molecule has 18 heavy (non-hydrogen) atoms. The summed E-state index contributed by atoms with van der Waals surface area (Å²) in [7, 11) is 0. The molecule has 0 aromatic carbocycles. The Bertz CT molecular complexity index is 103. The Hall–Kier alpha value is -0.120. The monoisotopic (exact) mass is 261 g/mol. The van der Waals surface area contributed by atoms with Gasteiger partial charge in [0.1, 0.15) is 0 Å². The van der Waals surface area contributed by atoms with Crippen molar-refractivity contribution >= 4 is 0 Å². The molecule has 3 nitrogen and oxygen atoms in total. The second-order valence-corrected chi connectivity index (χ2v) is 6.31. The summed E-state index contributed by atoms with van der Waals surface area (Å²) in [6.07, 6.45) is 0. The van der Waals surface area contributed by atoms with Gasteiger partial charge in [0.15, 0.2) is 0 Å². The largest absolute Gasteiger partial charge is 0.328 e. The number of rotatable bonds is 3. The molecule has 0 aromatic heterocycles. The highest BCUT2D eigenvalue weighted by Crippen LogP contribution is 1.94. The fraction of sp³-hybridized carbons (Fsp3) is 1.00. The Morgan fingerprint density at radius 3 is 0.444 bits per heavy atom.